The van der Waals surface area contributed by atoms with Gasteiger partial charge in [0.1, 0.15) is 11.4 Å². The van der Waals surface area contributed by atoms with Crippen molar-refractivity contribution in [1.29, 1.82) is 0 Å². The Morgan fingerprint density at radius 3 is 2.67 bits per heavy atom. The largest absolute Gasteiger partial charge is 0.496 e. The summed E-state index contributed by atoms with van der Waals surface area (Å²) in [6.45, 7) is 8.68. The molecule has 1 fully saturated rings. The lowest BCUT2D eigenvalue weighted by molar-refractivity contribution is -0.00143. The third kappa shape index (κ3) is 3.24. The van der Waals surface area contributed by atoms with Gasteiger partial charge in [-0.3, -0.25) is 0 Å². The van der Waals surface area contributed by atoms with Crippen molar-refractivity contribution in [1.82, 2.24) is 4.90 Å². The van der Waals surface area contributed by atoms with Crippen molar-refractivity contribution in [2.24, 2.45) is 5.92 Å². The van der Waals surface area contributed by atoms with Crippen LogP contribution in [-0.2, 0) is 17.6 Å². The molecule has 1 heterocycles. The molecule has 1 amide bonds. The van der Waals surface area contributed by atoms with Gasteiger partial charge in [0, 0.05) is 12.6 Å². The van der Waals surface area contributed by atoms with Crippen LogP contribution in [0.25, 0.3) is 0 Å². The summed E-state index contributed by atoms with van der Waals surface area (Å²) in [5.74, 6) is 1.52. The minimum absolute atomic E-state index is 0.167. The molecule has 0 bridgehead atoms. The molecule has 4 heteroatoms. The SMILES string of the molecule is COc1c(C)ccc2c1C[C@H]1CCCN(C(=O)OC(C)(C)C)C1C2. The number of aryl methyl sites for hydroxylation is 1. The maximum absolute atomic E-state index is 12.6. The predicted octanol–water partition coefficient (Wildman–Crippen LogP) is 4.12. The van der Waals surface area contributed by atoms with E-state index in [2.05, 4.69) is 19.1 Å². The average Bonchev–Trinajstić information content (AvgIpc) is 2.51. The predicted molar refractivity (Wildman–Crippen MR) is 94.6 cm³/mol. The molecule has 1 aromatic rings. The van der Waals surface area contributed by atoms with Crippen LogP contribution in [0.1, 0.15) is 50.3 Å². The highest BCUT2D eigenvalue weighted by Crippen LogP contribution is 2.40. The van der Waals surface area contributed by atoms with Crippen LogP contribution < -0.4 is 4.74 Å². The summed E-state index contributed by atoms with van der Waals surface area (Å²) in [5.41, 5.74) is 3.39. The fraction of sp³-hybridized carbons (Fsp3) is 0.650. The summed E-state index contributed by atoms with van der Waals surface area (Å²) in [4.78, 5) is 14.6. The van der Waals surface area contributed by atoms with Crippen molar-refractivity contribution in [3.63, 3.8) is 0 Å². The van der Waals surface area contributed by atoms with E-state index in [-0.39, 0.29) is 12.1 Å². The van der Waals surface area contributed by atoms with Crippen LogP contribution in [-0.4, -0.2) is 36.3 Å². The summed E-state index contributed by atoms with van der Waals surface area (Å²) in [6.07, 6.45) is 3.93. The van der Waals surface area contributed by atoms with Crippen molar-refractivity contribution in [3.05, 3.63) is 28.8 Å². The molecule has 1 aliphatic heterocycles. The maximum Gasteiger partial charge on any atom is 0.410 e. The molecule has 0 N–H and O–H groups in total. The number of fused-ring (bicyclic) bond motifs is 2. The minimum atomic E-state index is -0.447. The molecule has 4 nitrogen and oxygen atoms in total. The van der Waals surface area contributed by atoms with Crippen LogP contribution in [0.5, 0.6) is 5.75 Å². The molecule has 1 aliphatic carbocycles. The van der Waals surface area contributed by atoms with Crippen LogP contribution >= 0.6 is 0 Å². The molecule has 0 saturated carbocycles. The number of amides is 1. The summed E-state index contributed by atoms with van der Waals surface area (Å²) < 4.78 is 11.3. The first-order valence-electron chi connectivity index (χ1n) is 8.95. The van der Waals surface area contributed by atoms with Gasteiger partial charge < -0.3 is 14.4 Å². The van der Waals surface area contributed by atoms with Crippen molar-refractivity contribution in [3.8, 4) is 5.75 Å². The molecular weight excluding hydrogens is 302 g/mol. The number of ether oxygens (including phenoxy) is 2. The standard InChI is InChI=1S/C20H29NO3/c1-13-8-9-14-12-17-15(11-16(14)18(13)23-5)7-6-10-21(17)19(22)24-20(2,3)4/h8-9,15,17H,6-7,10-12H2,1-5H3/t15-,17?/m1/s1. The zero-order valence-corrected chi connectivity index (χ0v) is 15.5. The fourth-order valence-corrected chi connectivity index (χ4v) is 4.17. The Morgan fingerprint density at radius 1 is 1.25 bits per heavy atom. The second-order valence-electron chi connectivity index (χ2n) is 8.11. The summed E-state index contributed by atoms with van der Waals surface area (Å²) in [5, 5.41) is 0. The van der Waals surface area contributed by atoms with Crippen LogP contribution in [0, 0.1) is 12.8 Å². The number of hydrogen-bond donors (Lipinski definition) is 0. The summed E-state index contributed by atoms with van der Waals surface area (Å²) in [6, 6.07) is 4.57. The van der Waals surface area contributed by atoms with Crippen molar-refractivity contribution < 1.29 is 14.3 Å². The first-order chi connectivity index (χ1) is 11.3. The van der Waals surface area contributed by atoms with Gasteiger partial charge >= 0.3 is 6.09 Å². The van der Waals surface area contributed by atoms with Crippen LogP contribution in [0.3, 0.4) is 0 Å². The molecule has 1 unspecified atom stereocenters. The van der Waals surface area contributed by atoms with Gasteiger partial charge in [0.05, 0.1) is 7.11 Å². The van der Waals surface area contributed by atoms with Crippen LogP contribution in [0.15, 0.2) is 12.1 Å². The number of nitrogens with zero attached hydrogens (tertiary/aromatic N) is 1. The topological polar surface area (TPSA) is 38.8 Å². The van der Waals surface area contributed by atoms with Gasteiger partial charge in [-0.1, -0.05) is 12.1 Å². The van der Waals surface area contributed by atoms with E-state index in [0.29, 0.717) is 5.92 Å². The zero-order chi connectivity index (χ0) is 17.5. The second kappa shape index (κ2) is 6.30. The Kier molecular flexibility index (Phi) is 4.50. The van der Waals surface area contributed by atoms with Gasteiger partial charge in [-0.15, -0.1) is 0 Å². The molecule has 2 aliphatic rings. The lowest BCUT2D eigenvalue weighted by atomic mass is 9.74. The molecule has 2 atom stereocenters. The number of carbonyl (C=O) groups is 1. The summed E-state index contributed by atoms with van der Waals surface area (Å²) >= 11 is 0. The van der Waals surface area contributed by atoms with E-state index < -0.39 is 5.60 Å². The third-order valence-electron chi connectivity index (χ3n) is 5.20. The normalized spacial score (nSPS) is 23.3. The first-order valence-corrected chi connectivity index (χ1v) is 8.95. The number of methoxy groups -OCH3 is 1. The van der Waals surface area contributed by atoms with Crippen molar-refractivity contribution >= 4 is 6.09 Å². The Balaban J connectivity index is 1.87. The number of carbonyl (C=O) groups excluding carboxylic acids is 1. The van der Waals surface area contributed by atoms with Gasteiger partial charge in [-0.2, -0.15) is 0 Å². The van der Waals surface area contributed by atoms with E-state index in [1.165, 1.54) is 23.1 Å². The Labute approximate surface area is 145 Å². The maximum atomic E-state index is 12.6. The molecule has 0 radical (unpaired) electrons. The molecule has 0 spiro atoms. The Morgan fingerprint density at radius 2 is 2.00 bits per heavy atom. The highest BCUT2D eigenvalue weighted by molar-refractivity contribution is 5.69. The van der Waals surface area contributed by atoms with E-state index >= 15 is 0 Å². The number of benzene rings is 1. The molecule has 1 saturated heterocycles. The number of hydrogen-bond acceptors (Lipinski definition) is 3. The van der Waals surface area contributed by atoms with Crippen molar-refractivity contribution in [2.75, 3.05) is 13.7 Å². The highest BCUT2D eigenvalue weighted by atomic mass is 16.6. The fourth-order valence-electron chi connectivity index (χ4n) is 4.17. The van der Waals surface area contributed by atoms with E-state index in [9.17, 15) is 4.79 Å². The number of rotatable bonds is 1. The van der Waals surface area contributed by atoms with Crippen LogP contribution in [0.2, 0.25) is 0 Å². The lowest BCUT2D eigenvalue weighted by Crippen LogP contribution is -2.53. The molecule has 3 rings (SSSR count). The number of piperidine rings is 1. The smallest absolute Gasteiger partial charge is 0.410 e. The van der Waals surface area contributed by atoms with Gasteiger partial charge in [-0.25, -0.2) is 4.79 Å². The second-order valence-corrected chi connectivity index (χ2v) is 8.11. The molecular formula is C20H29NO3. The first kappa shape index (κ1) is 17.1. The Hall–Kier alpha value is -1.71. The van der Waals surface area contributed by atoms with Gasteiger partial charge in [-0.05, 0) is 76.0 Å². The van der Waals surface area contributed by atoms with E-state index in [1.54, 1.807) is 7.11 Å². The highest BCUT2D eigenvalue weighted by Gasteiger charge is 2.40. The van der Waals surface area contributed by atoms with Gasteiger partial charge in [0.2, 0.25) is 0 Å². The van der Waals surface area contributed by atoms with Gasteiger partial charge in [0.15, 0.2) is 0 Å². The molecule has 1 aromatic carbocycles. The molecule has 0 aromatic heterocycles. The number of likely N-dealkylation sites (tertiary alicyclic amines) is 1. The summed E-state index contributed by atoms with van der Waals surface area (Å²) in [7, 11) is 1.75. The van der Waals surface area contributed by atoms with E-state index in [1.807, 2.05) is 25.7 Å². The quantitative estimate of drug-likeness (QED) is 0.777. The minimum Gasteiger partial charge on any atom is -0.496 e. The third-order valence-corrected chi connectivity index (χ3v) is 5.20. The van der Waals surface area contributed by atoms with E-state index in [0.717, 1.165) is 31.6 Å². The monoisotopic (exact) mass is 331 g/mol. The lowest BCUT2D eigenvalue weighted by Gasteiger charge is -2.45. The van der Waals surface area contributed by atoms with Gasteiger partial charge in [0.25, 0.3) is 0 Å². The molecule has 24 heavy (non-hydrogen) atoms. The Bertz CT molecular complexity index is 633. The van der Waals surface area contributed by atoms with Crippen molar-refractivity contribution in [2.45, 2.75) is 65.0 Å². The van der Waals surface area contributed by atoms with Crippen LogP contribution in [0.4, 0.5) is 4.79 Å². The average molecular weight is 331 g/mol. The zero-order valence-electron chi connectivity index (χ0n) is 15.5. The molecule has 132 valence electrons. The van der Waals surface area contributed by atoms with E-state index in [4.69, 9.17) is 9.47 Å².